The van der Waals surface area contributed by atoms with Gasteiger partial charge in [0.15, 0.2) is 0 Å². The molecule has 1 unspecified atom stereocenters. The van der Waals surface area contributed by atoms with Gasteiger partial charge in [0.1, 0.15) is 5.76 Å². The number of nitrogens with one attached hydrogen (secondary N) is 1. The van der Waals surface area contributed by atoms with E-state index in [1.165, 1.54) is 22.3 Å². The van der Waals surface area contributed by atoms with Gasteiger partial charge in [-0.2, -0.15) is 0 Å². The van der Waals surface area contributed by atoms with Crippen molar-refractivity contribution in [2.75, 3.05) is 7.05 Å². The molecule has 2 rings (SSSR count). The molecule has 96 valence electrons. The van der Waals surface area contributed by atoms with Crippen LogP contribution in [0.1, 0.15) is 34.1 Å². The minimum atomic E-state index is 0.236. The Hall–Kier alpha value is -1.54. The summed E-state index contributed by atoms with van der Waals surface area (Å²) in [7, 11) is 1.99. The van der Waals surface area contributed by atoms with Crippen LogP contribution in [0.4, 0.5) is 0 Å². The van der Waals surface area contributed by atoms with Crippen molar-refractivity contribution in [1.82, 2.24) is 5.32 Å². The zero-order valence-corrected chi connectivity index (χ0v) is 11.6. The van der Waals surface area contributed by atoms with Crippen LogP contribution in [0.5, 0.6) is 0 Å². The fourth-order valence-electron chi connectivity index (χ4n) is 2.44. The van der Waals surface area contributed by atoms with E-state index < -0.39 is 0 Å². The van der Waals surface area contributed by atoms with E-state index in [0.29, 0.717) is 0 Å². The highest BCUT2D eigenvalue weighted by Crippen LogP contribution is 2.25. The van der Waals surface area contributed by atoms with Gasteiger partial charge in [0.05, 0.1) is 12.3 Å². The molecule has 1 atom stereocenters. The van der Waals surface area contributed by atoms with Gasteiger partial charge in [-0.05, 0) is 62.6 Å². The van der Waals surface area contributed by atoms with Crippen molar-refractivity contribution < 1.29 is 4.42 Å². The van der Waals surface area contributed by atoms with Crippen molar-refractivity contribution in [2.24, 2.45) is 0 Å². The lowest BCUT2D eigenvalue weighted by Gasteiger charge is -2.18. The first kappa shape index (κ1) is 12.9. The molecule has 1 N–H and O–H groups in total. The van der Waals surface area contributed by atoms with E-state index >= 15 is 0 Å². The van der Waals surface area contributed by atoms with Gasteiger partial charge in [0, 0.05) is 0 Å². The Morgan fingerprint density at radius 3 is 2.22 bits per heavy atom. The van der Waals surface area contributed by atoms with Gasteiger partial charge in [-0.15, -0.1) is 0 Å². The molecule has 0 amide bonds. The van der Waals surface area contributed by atoms with Crippen LogP contribution < -0.4 is 5.32 Å². The smallest absolute Gasteiger partial charge is 0.123 e. The Labute approximate surface area is 109 Å². The van der Waals surface area contributed by atoms with Crippen LogP contribution in [-0.2, 0) is 6.42 Å². The summed E-state index contributed by atoms with van der Waals surface area (Å²) in [6.07, 6.45) is 2.73. The van der Waals surface area contributed by atoms with E-state index in [4.69, 9.17) is 4.42 Å². The topological polar surface area (TPSA) is 25.2 Å². The molecule has 0 radical (unpaired) electrons. The van der Waals surface area contributed by atoms with Crippen molar-refractivity contribution in [2.45, 2.75) is 33.2 Å². The lowest BCUT2D eigenvalue weighted by molar-refractivity contribution is 0.426. The highest BCUT2D eigenvalue weighted by molar-refractivity contribution is 5.35. The van der Waals surface area contributed by atoms with Gasteiger partial charge < -0.3 is 9.73 Å². The van der Waals surface area contributed by atoms with E-state index in [1.807, 2.05) is 13.1 Å². The van der Waals surface area contributed by atoms with Crippen molar-refractivity contribution in [3.63, 3.8) is 0 Å². The second-order valence-corrected chi connectivity index (χ2v) is 4.88. The predicted octanol–water partition coefficient (Wildman–Crippen LogP) is 3.71. The van der Waals surface area contributed by atoms with E-state index in [9.17, 15) is 0 Å². The summed E-state index contributed by atoms with van der Waals surface area (Å²) in [6.45, 7) is 6.43. The molecule has 1 aromatic heterocycles. The molecule has 2 heteroatoms. The summed E-state index contributed by atoms with van der Waals surface area (Å²) in [6, 6.07) is 8.71. The number of hydrogen-bond donors (Lipinski definition) is 1. The van der Waals surface area contributed by atoms with Crippen LogP contribution >= 0.6 is 0 Å². The summed E-state index contributed by atoms with van der Waals surface area (Å²) in [4.78, 5) is 0. The van der Waals surface area contributed by atoms with E-state index in [2.05, 4.69) is 44.3 Å². The molecule has 0 bridgehead atoms. The normalized spacial score (nSPS) is 12.7. The largest absolute Gasteiger partial charge is 0.467 e. The Morgan fingerprint density at radius 1 is 1.06 bits per heavy atom. The lowest BCUT2D eigenvalue weighted by Crippen LogP contribution is -2.20. The van der Waals surface area contributed by atoms with Crippen molar-refractivity contribution in [1.29, 1.82) is 0 Å². The second-order valence-electron chi connectivity index (χ2n) is 4.88. The molecule has 0 saturated heterocycles. The Kier molecular flexibility index (Phi) is 3.87. The Bertz CT molecular complexity index is 507. The maximum atomic E-state index is 5.61. The molecular weight excluding hydrogens is 222 g/mol. The zero-order valence-electron chi connectivity index (χ0n) is 11.6. The standard InChI is InChI=1S/C16H21NO/c1-11-6-5-7-12(2)14(11)10-15(17-4)16-13(3)8-9-18-16/h5-9,15,17H,10H2,1-4H3. The molecule has 0 aliphatic rings. The van der Waals surface area contributed by atoms with Gasteiger partial charge in [0.25, 0.3) is 0 Å². The van der Waals surface area contributed by atoms with Crippen LogP contribution in [0.15, 0.2) is 34.9 Å². The third kappa shape index (κ3) is 2.49. The molecule has 0 saturated carbocycles. The summed E-state index contributed by atoms with van der Waals surface area (Å²) < 4.78 is 5.61. The van der Waals surface area contributed by atoms with Crippen LogP contribution in [0.25, 0.3) is 0 Å². The third-order valence-electron chi connectivity index (χ3n) is 3.62. The molecule has 0 fully saturated rings. The molecule has 1 aromatic carbocycles. The van der Waals surface area contributed by atoms with Crippen LogP contribution in [0, 0.1) is 20.8 Å². The number of likely N-dealkylation sites (N-methyl/N-ethyl adjacent to an activating group) is 1. The third-order valence-corrected chi connectivity index (χ3v) is 3.62. The molecule has 0 aliphatic carbocycles. The van der Waals surface area contributed by atoms with Gasteiger partial charge in [-0.25, -0.2) is 0 Å². The van der Waals surface area contributed by atoms with Crippen molar-refractivity contribution >= 4 is 0 Å². The molecule has 0 aliphatic heterocycles. The van der Waals surface area contributed by atoms with Crippen molar-refractivity contribution in [3.05, 3.63) is 58.5 Å². The molecule has 2 aromatic rings. The van der Waals surface area contributed by atoms with Crippen LogP contribution in [0.3, 0.4) is 0 Å². The van der Waals surface area contributed by atoms with Gasteiger partial charge in [-0.3, -0.25) is 0 Å². The summed E-state index contributed by atoms with van der Waals surface area (Å²) in [5.41, 5.74) is 5.31. The molecular formula is C16H21NO. The molecule has 0 spiro atoms. The van der Waals surface area contributed by atoms with Gasteiger partial charge in [0.2, 0.25) is 0 Å². The van der Waals surface area contributed by atoms with E-state index in [0.717, 1.165) is 12.2 Å². The zero-order chi connectivity index (χ0) is 13.1. The SMILES string of the molecule is CNC(Cc1c(C)cccc1C)c1occc1C. The average molecular weight is 243 g/mol. The number of rotatable bonds is 4. The maximum Gasteiger partial charge on any atom is 0.123 e. The number of furan rings is 1. The highest BCUT2D eigenvalue weighted by Gasteiger charge is 2.17. The number of benzene rings is 1. The quantitative estimate of drug-likeness (QED) is 0.885. The Balaban J connectivity index is 2.29. The van der Waals surface area contributed by atoms with Crippen LogP contribution in [0.2, 0.25) is 0 Å². The monoisotopic (exact) mass is 243 g/mol. The van der Waals surface area contributed by atoms with Gasteiger partial charge >= 0.3 is 0 Å². The molecule has 18 heavy (non-hydrogen) atoms. The summed E-state index contributed by atoms with van der Waals surface area (Å²) in [5.74, 6) is 1.04. The van der Waals surface area contributed by atoms with Crippen LogP contribution in [-0.4, -0.2) is 7.05 Å². The fraction of sp³-hybridized carbons (Fsp3) is 0.375. The predicted molar refractivity (Wildman–Crippen MR) is 74.9 cm³/mol. The first-order valence-corrected chi connectivity index (χ1v) is 6.40. The minimum Gasteiger partial charge on any atom is -0.467 e. The van der Waals surface area contributed by atoms with E-state index in [-0.39, 0.29) is 6.04 Å². The first-order chi connectivity index (χ1) is 8.63. The van der Waals surface area contributed by atoms with Crippen molar-refractivity contribution in [3.8, 4) is 0 Å². The first-order valence-electron chi connectivity index (χ1n) is 6.40. The summed E-state index contributed by atoms with van der Waals surface area (Å²) >= 11 is 0. The maximum absolute atomic E-state index is 5.61. The molecule has 2 nitrogen and oxygen atoms in total. The lowest BCUT2D eigenvalue weighted by atomic mass is 9.94. The average Bonchev–Trinajstić information content (AvgIpc) is 2.76. The number of aryl methyl sites for hydroxylation is 3. The minimum absolute atomic E-state index is 0.236. The summed E-state index contributed by atoms with van der Waals surface area (Å²) in [5, 5.41) is 3.35. The highest BCUT2D eigenvalue weighted by atomic mass is 16.3. The Morgan fingerprint density at radius 2 is 1.72 bits per heavy atom. The second kappa shape index (κ2) is 5.40. The fourth-order valence-corrected chi connectivity index (χ4v) is 2.44. The van der Waals surface area contributed by atoms with Gasteiger partial charge in [-0.1, -0.05) is 18.2 Å². The molecule has 1 heterocycles. The number of hydrogen-bond acceptors (Lipinski definition) is 2. The van der Waals surface area contributed by atoms with E-state index in [1.54, 1.807) is 6.26 Å².